The van der Waals surface area contributed by atoms with E-state index >= 15 is 0 Å². The second-order valence-electron chi connectivity index (χ2n) is 4.20. The SMILES string of the molecule is CCc1nn(C)c(OC)c1CNc1cc(Cl)nc(N)n1. The second-order valence-corrected chi connectivity index (χ2v) is 4.59. The van der Waals surface area contributed by atoms with Crippen molar-refractivity contribution in [3.8, 4) is 5.88 Å². The maximum atomic E-state index is 5.84. The van der Waals surface area contributed by atoms with Gasteiger partial charge in [0.1, 0.15) is 11.0 Å². The number of aromatic nitrogens is 4. The van der Waals surface area contributed by atoms with Crippen molar-refractivity contribution < 1.29 is 4.74 Å². The zero-order valence-corrected chi connectivity index (χ0v) is 12.4. The fourth-order valence-corrected chi connectivity index (χ4v) is 2.22. The average molecular weight is 297 g/mol. The second kappa shape index (κ2) is 5.96. The van der Waals surface area contributed by atoms with Crippen molar-refractivity contribution in [3.05, 3.63) is 22.5 Å². The van der Waals surface area contributed by atoms with Crippen LogP contribution in [0.2, 0.25) is 5.15 Å². The summed E-state index contributed by atoms with van der Waals surface area (Å²) in [7, 11) is 3.47. The minimum atomic E-state index is 0.133. The standard InChI is InChI=1S/C12H17ClN6O/c1-4-8-7(11(20-3)19(2)18-8)6-15-10-5-9(13)16-12(14)17-10/h5H,4,6H2,1-3H3,(H3,14,15,16,17). The number of nitrogens with one attached hydrogen (secondary N) is 1. The molecule has 2 heterocycles. The van der Waals surface area contributed by atoms with Crippen molar-refractivity contribution in [2.75, 3.05) is 18.2 Å². The van der Waals surface area contributed by atoms with Crippen LogP contribution in [0.3, 0.4) is 0 Å². The Morgan fingerprint density at radius 2 is 2.20 bits per heavy atom. The van der Waals surface area contributed by atoms with E-state index in [9.17, 15) is 0 Å². The molecule has 0 aliphatic carbocycles. The Hall–Kier alpha value is -2.02. The highest BCUT2D eigenvalue weighted by molar-refractivity contribution is 6.29. The normalized spacial score (nSPS) is 10.6. The Labute approximate surface area is 122 Å². The Morgan fingerprint density at radius 1 is 1.45 bits per heavy atom. The maximum absolute atomic E-state index is 5.84. The van der Waals surface area contributed by atoms with Crippen LogP contribution in [0, 0.1) is 0 Å². The van der Waals surface area contributed by atoms with E-state index in [-0.39, 0.29) is 5.95 Å². The highest BCUT2D eigenvalue weighted by atomic mass is 35.5. The van der Waals surface area contributed by atoms with Crippen LogP contribution in [0.1, 0.15) is 18.2 Å². The third-order valence-electron chi connectivity index (χ3n) is 2.86. The zero-order valence-electron chi connectivity index (χ0n) is 11.6. The lowest BCUT2D eigenvalue weighted by molar-refractivity contribution is 0.369. The molecule has 0 saturated carbocycles. The van der Waals surface area contributed by atoms with Crippen molar-refractivity contribution in [2.45, 2.75) is 19.9 Å². The van der Waals surface area contributed by atoms with E-state index < -0.39 is 0 Å². The van der Waals surface area contributed by atoms with Gasteiger partial charge in [-0.05, 0) is 6.42 Å². The first-order chi connectivity index (χ1) is 9.55. The first-order valence-corrected chi connectivity index (χ1v) is 6.55. The molecular formula is C12H17ClN6O. The van der Waals surface area contributed by atoms with E-state index in [0.717, 1.165) is 23.6 Å². The lowest BCUT2D eigenvalue weighted by Crippen LogP contribution is -2.06. The molecule has 0 amide bonds. The van der Waals surface area contributed by atoms with Crippen LogP contribution in [-0.4, -0.2) is 26.9 Å². The van der Waals surface area contributed by atoms with Gasteiger partial charge in [0.15, 0.2) is 0 Å². The number of hydrogen-bond acceptors (Lipinski definition) is 6. The number of halogens is 1. The zero-order chi connectivity index (χ0) is 14.7. The molecule has 20 heavy (non-hydrogen) atoms. The highest BCUT2D eigenvalue weighted by Crippen LogP contribution is 2.23. The van der Waals surface area contributed by atoms with Crippen LogP contribution in [-0.2, 0) is 20.0 Å². The molecule has 0 atom stereocenters. The first kappa shape index (κ1) is 14.4. The Balaban J connectivity index is 2.22. The van der Waals surface area contributed by atoms with Gasteiger partial charge in [0.2, 0.25) is 11.8 Å². The van der Waals surface area contributed by atoms with Gasteiger partial charge in [-0.15, -0.1) is 0 Å². The van der Waals surface area contributed by atoms with Crippen LogP contribution in [0.25, 0.3) is 0 Å². The molecule has 8 heteroatoms. The first-order valence-electron chi connectivity index (χ1n) is 6.17. The van der Waals surface area contributed by atoms with Crippen LogP contribution in [0.4, 0.5) is 11.8 Å². The molecule has 0 fully saturated rings. The minimum Gasteiger partial charge on any atom is -0.481 e. The molecule has 0 unspecified atom stereocenters. The van der Waals surface area contributed by atoms with Gasteiger partial charge < -0.3 is 15.8 Å². The number of ether oxygens (including phenoxy) is 1. The van der Waals surface area contributed by atoms with E-state index in [1.165, 1.54) is 0 Å². The molecule has 0 bridgehead atoms. The summed E-state index contributed by atoms with van der Waals surface area (Å²) in [5.74, 6) is 1.42. The van der Waals surface area contributed by atoms with Crippen molar-refractivity contribution in [3.63, 3.8) is 0 Å². The molecule has 0 aliphatic rings. The van der Waals surface area contributed by atoms with Gasteiger partial charge in [0.25, 0.3) is 0 Å². The summed E-state index contributed by atoms with van der Waals surface area (Å²) in [6, 6.07) is 1.62. The van der Waals surface area contributed by atoms with Gasteiger partial charge in [-0.1, -0.05) is 18.5 Å². The third kappa shape index (κ3) is 2.93. The lowest BCUT2D eigenvalue weighted by atomic mass is 10.2. The molecular weight excluding hydrogens is 280 g/mol. The van der Waals surface area contributed by atoms with Crippen molar-refractivity contribution in [2.24, 2.45) is 7.05 Å². The molecule has 2 aromatic rings. The fraction of sp³-hybridized carbons (Fsp3) is 0.417. The van der Waals surface area contributed by atoms with E-state index in [0.29, 0.717) is 17.5 Å². The van der Waals surface area contributed by atoms with Gasteiger partial charge in [-0.2, -0.15) is 10.1 Å². The number of rotatable bonds is 5. The number of methoxy groups -OCH3 is 1. The quantitative estimate of drug-likeness (QED) is 0.815. The average Bonchev–Trinajstić information content (AvgIpc) is 2.70. The number of nitrogens with zero attached hydrogens (tertiary/aromatic N) is 4. The Bertz CT molecular complexity index is 592. The minimum absolute atomic E-state index is 0.133. The van der Waals surface area contributed by atoms with Crippen LogP contribution < -0.4 is 15.8 Å². The van der Waals surface area contributed by atoms with Crippen molar-refractivity contribution in [1.82, 2.24) is 19.7 Å². The van der Waals surface area contributed by atoms with E-state index in [1.54, 1.807) is 17.9 Å². The highest BCUT2D eigenvalue weighted by Gasteiger charge is 2.15. The monoisotopic (exact) mass is 296 g/mol. The van der Waals surface area contributed by atoms with E-state index in [2.05, 4.69) is 20.4 Å². The number of hydrogen-bond donors (Lipinski definition) is 2. The molecule has 7 nitrogen and oxygen atoms in total. The summed E-state index contributed by atoms with van der Waals surface area (Å²) in [5, 5.41) is 7.87. The summed E-state index contributed by atoms with van der Waals surface area (Å²) in [6.45, 7) is 2.57. The number of nitrogens with two attached hydrogens (primary N) is 1. The van der Waals surface area contributed by atoms with Gasteiger partial charge in [-0.25, -0.2) is 9.67 Å². The van der Waals surface area contributed by atoms with Crippen LogP contribution in [0.15, 0.2) is 6.07 Å². The molecule has 0 saturated heterocycles. The predicted octanol–water partition coefficient (Wildman–Crippen LogP) is 1.63. The molecule has 0 aromatic carbocycles. The lowest BCUT2D eigenvalue weighted by Gasteiger charge is -2.08. The van der Waals surface area contributed by atoms with Crippen LogP contribution in [0.5, 0.6) is 5.88 Å². The van der Waals surface area contributed by atoms with Crippen molar-refractivity contribution in [1.29, 1.82) is 0 Å². The third-order valence-corrected chi connectivity index (χ3v) is 3.05. The summed E-state index contributed by atoms with van der Waals surface area (Å²) in [6.07, 6.45) is 0.820. The number of nitrogen functional groups attached to an aromatic ring is 1. The Morgan fingerprint density at radius 3 is 2.80 bits per heavy atom. The molecule has 3 N–H and O–H groups in total. The topological polar surface area (TPSA) is 90.9 Å². The summed E-state index contributed by atoms with van der Waals surface area (Å²) < 4.78 is 7.09. The maximum Gasteiger partial charge on any atom is 0.223 e. The van der Waals surface area contributed by atoms with E-state index in [1.807, 2.05) is 14.0 Å². The smallest absolute Gasteiger partial charge is 0.223 e. The summed E-state index contributed by atoms with van der Waals surface area (Å²) >= 11 is 5.84. The van der Waals surface area contributed by atoms with Crippen molar-refractivity contribution >= 4 is 23.4 Å². The summed E-state index contributed by atoms with van der Waals surface area (Å²) in [4.78, 5) is 7.88. The predicted molar refractivity (Wildman–Crippen MR) is 77.9 cm³/mol. The Kier molecular flexibility index (Phi) is 4.29. The largest absolute Gasteiger partial charge is 0.481 e. The number of aryl methyl sites for hydroxylation is 2. The molecule has 0 aliphatic heterocycles. The molecule has 0 spiro atoms. The van der Waals surface area contributed by atoms with Gasteiger partial charge in [0.05, 0.1) is 18.4 Å². The molecule has 2 rings (SSSR count). The fourth-order valence-electron chi connectivity index (χ4n) is 2.03. The van der Waals surface area contributed by atoms with E-state index in [4.69, 9.17) is 22.1 Å². The summed E-state index contributed by atoms with van der Waals surface area (Å²) in [5.41, 5.74) is 7.53. The van der Waals surface area contributed by atoms with Gasteiger partial charge in [0, 0.05) is 19.7 Å². The molecule has 0 radical (unpaired) electrons. The number of anilines is 2. The van der Waals surface area contributed by atoms with Gasteiger partial charge in [-0.3, -0.25) is 0 Å². The van der Waals surface area contributed by atoms with Gasteiger partial charge >= 0.3 is 0 Å². The van der Waals surface area contributed by atoms with Crippen LogP contribution >= 0.6 is 11.6 Å². The molecule has 108 valence electrons. The molecule has 2 aromatic heterocycles.